The van der Waals surface area contributed by atoms with Crippen molar-refractivity contribution in [2.75, 3.05) is 13.2 Å². The largest absolute Gasteiger partial charge is 0.493 e. The monoisotopic (exact) mass is 251 g/mol. The summed E-state index contributed by atoms with van der Waals surface area (Å²) in [7, 11) is 0. The van der Waals surface area contributed by atoms with Gasteiger partial charge in [-0.3, -0.25) is 0 Å². The molecule has 1 saturated heterocycles. The van der Waals surface area contributed by atoms with E-state index in [1.807, 2.05) is 24.3 Å². The Kier molecular flexibility index (Phi) is 5.00. The standard InChI is InChI=1S/C15H22FNO/c1-2-11-18-14-9-4-3-7-12(14)15(16)13-8-5-6-10-17-13/h3-4,7,9,13,15,17H,2,5-6,8,10-11H2,1H3. The molecule has 1 heterocycles. The molecule has 1 aromatic rings. The molecular formula is C15H22FNO. The molecule has 2 rings (SSSR count). The number of alkyl halides is 1. The first-order valence-electron chi connectivity index (χ1n) is 6.92. The van der Waals surface area contributed by atoms with E-state index in [4.69, 9.17) is 4.74 Å². The van der Waals surface area contributed by atoms with E-state index in [0.717, 1.165) is 32.2 Å². The third-order valence-corrected chi connectivity index (χ3v) is 3.38. The molecule has 1 aliphatic rings. The first kappa shape index (κ1) is 13.3. The van der Waals surface area contributed by atoms with Crippen LogP contribution in [0.15, 0.2) is 24.3 Å². The number of piperidine rings is 1. The Hall–Kier alpha value is -1.09. The lowest BCUT2D eigenvalue weighted by Crippen LogP contribution is -2.37. The number of benzene rings is 1. The van der Waals surface area contributed by atoms with Gasteiger partial charge in [0.2, 0.25) is 0 Å². The van der Waals surface area contributed by atoms with Crippen LogP contribution < -0.4 is 10.1 Å². The van der Waals surface area contributed by atoms with Gasteiger partial charge in [-0.15, -0.1) is 0 Å². The van der Waals surface area contributed by atoms with Crippen LogP contribution in [0.5, 0.6) is 5.75 Å². The van der Waals surface area contributed by atoms with Gasteiger partial charge in [0.05, 0.1) is 6.61 Å². The van der Waals surface area contributed by atoms with E-state index in [2.05, 4.69) is 12.2 Å². The van der Waals surface area contributed by atoms with Crippen LogP contribution in [0.25, 0.3) is 0 Å². The van der Waals surface area contributed by atoms with Crippen molar-refractivity contribution in [1.29, 1.82) is 0 Å². The van der Waals surface area contributed by atoms with E-state index in [0.29, 0.717) is 17.9 Å². The van der Waals surface area contributed by atoms with E-state index < -0.39 is 6.17 Å². The van der Waals surface area contributed by atoms with E-state index in [-0.39, 0.29) is 6.04 Å². The summed E-state index contributed by atoms with van der Waals surface area (Å²) >= 11 is 0. The number of hydrogen-bond donors (Lipinski definition) is 1. The molecule has 2 nitrogen and oxygen atoms in total. The zero-order valence-corrected chi connectivity index (χ0v) is 11.0. The lowest BCUT2D eigenvalue weighted by Gasteiger charge is -2.27. The Morgan fingerprint density at radius 3 is 2.94 bits per heavy atom. The molecule has 1 aromatic carbocycles. The molecule has 1 fully saturated rings. The van der Waals surface area contributed by atoms with E-state index in [1.54, 1.807) is 0 Å². The summed E-state index contributed by atoms with van der Waals surface area (Å²) in [5.41, 5.74) is 0.686. The number of nitrogens with one attached hydrogen (secondary N) is 1. The molecule has 2 atom stereocenters. The van der Waals surface area contributed by atoms with Gasteiger partial charge in [-0.2, -0.15) is 0 Å². The second-order valence-electron chi connectivity index (χ2n) is 4.84. The van der Waals surface area contributed by atoms with Gasteiger partial charge in [-0.1, -0.05) is 31.5 Å². The Bertz CT molecular complexity index is 363. The molecule has 100 valence electrons. The molecule has 0 aromatic heterocycles. The fourth-order valence-electron chi connectivity index (χ4n) is 2.40. The van der Waals surface area contributed by atoms with Gasteiger partial charge in [0.25, 0.3) is 0 Å². The quantitative estimate of drug-likeness (QED) is 0.863. The van der Waals surface area contributed by atoms with E-state index >= 15 is 0 Å². The first-order chi connectivity index (χ1) is 8.83. The maximum absolute atomic E-state index is 14.6. The Labute approximate surface area is 109 Å². The highest BCUT2D eigenvalue weighted by molar-refractivity contribution is 5.36. The number of rotatable bonds is 5. The molecule has 0 radical (unpaired) electrons. The molecule has 3 heteroatoms. The van der Waals surface area contributed by atoms with Gasteiger partial charge >= 0.3 is 0 Å². The van der Waals surface area contributed by atoms with Crippen molar-refractivity contribution >= 4 is 0 Å². The molecule has 0 spiro atoms. The summed E-state index contributed by atoms with van der Waals surface area (Å²) in [6.45, 7) is 3.61. The summed E-state index contributed by atoms with van der Waals surface area (Å²) in [5.74, 6) is 0.694. The van der Waals surface area contributed by atoms with Gasteiger partial charge in [0.15, 0.2) is 0 Å². The fourth-order valence-corrected chi connectivity index (χ4v) is 2.40. The smallest absolute Gasteiger partial charge is 0.144 e. The summed E-state index contributed by atoms with van der Waals surface area (Å²) in [6, 6.07) is 7.41. The number of para-hydroxylation sites is 1. The van der Waals surface area contributed by atoms with Crippen LogP contribution in [-0.2, 0) is 0 Å². The summed E-state index contributed by atoms with van der Waals surface area (Å²) in [5, 5.41) is 3.27. The zero-order chi connectivity index (χ0) is 12.8. The minimum Gasteiger partial charge on any atom is -0.493 e. The van der Waals surface area contributed by atoms with Crippen molar-refractivity contribution in [3.63, 3.8) is 0 Å². The average Bonchev–Trinajstić information content (AvgIpc) is 2.45. The fraction of sp³-hybridized carbons (Fsp3) is 0.600. The highest BCUT2D eigenvalue weighted by atomic mass is 19.1. The minimum absolute atomic E-state index is 0.0647. The Morgan fingerprint density at radius 1 is 1.39 bits per heavy atom. The molecule has 0 bridgehead atoms. The lowest BCUT2D eigenvalue weighted by atomic mass is 9.95. The molecule has 0 aliphatic carbocycles. The normalized spacial score (nSPS) is 21.6. The Balaban J connectivity index is 2.10. The van der Waals surface area contributed by atoms with Crippen LogP contribution >= 0.6 is 0 Å². The molecular weight excluding hydrogens is 229 g/mol. The van der Waals surface area contributed by atoms with Crippen molar-refractivity contribution in [2.45, 2.75) is 44.8 Å². The molecule has 1 N–H and O–H groups in total. The van der Waals surface area contributed by atoms with E-state index in [1.165, 1.54) is 0 Å². The maximum Gasteiger partial charge on any atom is 0.144 e. The second-order valence-corrected chi connectivity index (χ2v) is 4.84. The predicted octanol–water partition coefficient (Wildman–Crippen LogP) is 3.63. The topological polar surface area (TPSA) is 21.3 Å². The molecule has 2 unspecified atom stereocenters. The third kappa shape index (κ3) is 3.22. The zero-order valence-electron chi connectivity index (χ0n) is 11.0. The average molecular weight is 251 g/mol. The SMILES string of the molecule is CCCOc1ccccc1C(F)C1CCCCN1. The van der Waals surface area contributed by atoms with Crippen LogP contribution in [0.3, 0.4) is 0 Å². The van der Waals surface area contributed by atoms with Crippen molar-refractivity contribution in [3.05, 3.63) is 29.8 Å². The van der Waals surface area contributed by atoms with Crippen molar-refractivity contribution in [1.82, 2.24) is 5.32 Å². The van der Waals surface area contributed by atoms with Gasteiger partial charge < -0.3 is 10.1 Å². The van der Waals surface area contributed by atoms with Gasteiger partial charge in [0.1, 0.15) is 11.9 Å². The molecule has 0 saturated carbocycles. The molecule has 0 amide bonds. The highest BCUT2D eigenvalue weighted by Gasteiger charge is 2.26. The van der Waals surface area contributed by atoms with Crippen LogP contribution in [0.4, 0.5) is 4.39 Å². The maximum atomic E-state index is 14.6. The van der Waals surface area contributed by atoms with Gasteiger partial charge in [-0.05, 0) is 31.9 Å². The summed E-state index contributed by atoms with van der Waals surface area (Å²) in [4.78, 5) is 0. The van der Waals surface area contributed by atoms with Gasteiger partial charge in [-0.25, -0.2) is 4.39 Å². The predicted molar refractivity (Wildman–Crippen MR) is 71.7 cm³/mol. The van der Waals surface area contributed by atoms with Crippen LogP contribution in [-0.4, -0.2) is 19.2 Å². The molecule has 18 heavy (non-hydrogen) atoms. The summed E-state index contributed by atoms with van der Waals surface area (Å²) < 4.78 is 20.2. The highest BCUT2D eigenvalue weighted by Crippen LogP contribution is 2.32. The van der Waals surface area contributed by atoms with Gasteiger partial charge in [0, 0.05) is 11.6 Å². The van der Waals surface area contributed by atoms with Crippen LogP contribution in [0.1, 0.15) is 44.3 Å². The number of ether oxygens (including phenoxy) is 1. The minimum atomic E-state index is -0.974. The number of hydrogen-bond acceptors (Lipinski definition) is 2. The summed E-state index contributed by atoms with van der Waals surface area (Å²) in [6.07, 6.45) is 3.13. The second kappa shape index (κ2) is 6.74. The van der Waals surface area contributed by atoms with Crippen LogP contribution in [0, 0.1) is 0 Å². The van der Waals surface area contributed by atoms with Crippen LogP contribution in [0.2, 0.25) is 0 Å². The van der Waals surface area contributed by atoms with E-state index in [9.17, 15) is 4.39 Å². The lowest BCUT2D eigenvalue weighted by molar-refractivity contribution is 0.212. The van der Waals surface area contributed by atoms with Crippen molar-refractivity contribution in [2.24, 2.45) is 0 Å². The van der Waals surface area contributed by atoms with Crippen molar-refractivity contribution < 1.29 is 9.13 Å². The first-order valence-corrected chi connectivity index (χ1v) is 6.92. The Morgan fingerprint density at radius 2 is 2.22 bits per heavy atom. The number of halogens is 1. The molecule has 1 aliphatic heterocycles. The van der Waals surface area contributed by atoms with Crippen molar-refractivity contribution in [3.8, 4) is 5.75 Å². The third-order valence-electron chi connectivity index (χ3n) is 3.38.